The molecule has 4 rings (SSSR count). The van der Waals surface area contributed by atoms with Gasteiger partial charge in [0.2, 0.25) is 11.6 Å². The van der Waals surface area contributed by atoms with E-state index < -0.39 is 29.2 Å². The van der Waals surface area contributed by atoms with Crippen molar-refractivity contribution in [3.8, 4) is 0 Å². The normalized spacial score (nSPS) is 20.9. The van der Waals surface area contributed by atoms with Gasteiger partial charge in [0.1, 0.15) is 11.5 Å². The molecule has 0 aromatic carbocycles. The fraction of sp³-hybridized carbons (Fsp3) is 0.500. The summed E-state index contributed by atoms with van der Waals surface area (Å²) in [7, 11) is 0. The Morgan fingerprint density at radius 3 is 2.28 bits per heavy atom. The lowest BCUT2D eigenvalue weighted by Crippen LogP contribution is -2.50. The van der Waals surface area contributed by atoms with Crippen LogP contribution in [0.1, 0.15) is 12.8 Å². The minimum absolute atomic E-state index is 0.170. The van der Waals surface area contributed by atoms with Gasteiger partial charge in [-0.2, -0.15) is 22.5 Å². The van der Waals surface area contributed by atoms with E-state index in [0.717, 1.165) is 45.0 Å². The molecule has 4 heterocycles. The van der Waals surface area contributed by atoms with Crippen LogP contribution >= 0.6 is 0 Å². The van der Waals surface area contributed by atoms with Gasteiger partial charge in [0.05, 0.1) is 0 Å². The molecule has 2 aromatic heterocycles. The van der Waals surface area contributed by atoms with Crippen LogP contribution in [0, 0.1) is 29.4 Å². The van der Waals surface area contributed by atoms with Crippen LogP contribution in [0.15, 0.2) is 24.4 Å². The lowest BCUT2D eigenvalue weighted by Gasteiger charge is -2.40. The summed E-state index contributed by atoms with van der Waals surface area (Å²) in [5, 5.41) is 0. The van der Waals surface area contributed by atoms with E-state index in [0.29, 0.717) is 19.5 Å². The lowest BCUT2D eigenvalue weighted by molar-refractivity contribution is 0.204. The first-order chi connectivity index (χ1) is 14.0. The molecule has 2 aliphatic rings. The highest BCUT2D eigenvalue weighted by atomic mass is 19.2. The summed E-state index contributed by atoms with van der Waals surface area (Å²) in [4.78, 5) is 13.0. The van der Waals surface area contributed by atoms with Crippen LogP contribution in [0.4, 0.5) is 29.1 Å². The average Bonchev–Trinajstić information content (AvgIpc) is 2.74. The number of hydrogen-bond acceptors (Lipinski definition) is 5. The zero-order valence-corrected chi connectivity index (χ0v) is 16.0. The summed E-state index contributed by atoms with van der Waals surface area (Å²) in [6, 6.07) is 5.85. The van der Waals surface area contributed by atoms with E-state index in [1.165, 1.54) is 4.90 Å². The second-order valence-corrected chi connectivity index (χ2v) is 7.60. The zero-order valence-electron chi connectivity index (χ0n) is 16.0. The number of hydrogen-bond donors (Lipinski definition) is 0. The maximum atomic E-state index is 14.1. The van der Waals surface area contributed by atoms with Gasteiger partial charge in [-0.05, 0) is 30.9 Å². The number of rotatable bonds is 4. The van der Waals surface area contributed by atoms with Gasteiger partial charge >= 0.3 is 0 Å². The predicted molar refractivity (Wildman–Crippen MR) is 102 cm³/mol. The highest BCUT2D eigenvalue weighted by molar-refractivity contribution is 5.49. The third-order valence-corrected chi connectivity index (χ3v) is 5.67. The van der Waals surface area contributed by atoms with Gasteiger partial charge < -0.3 is 9.80 Å². The highest BCUT2D eigenvalue weighted by Gasteiger charge is 2.30. The van der Waals surface area contributed by atoms with E-state index in [-0.39, 0.29) is 5.92 Å². The Morgan fingerprint density at radius 2 is 1.62 bits per heavy atom. The molecule has 2 saturated heterocycles. The molecule has 0 amide bonds. The SMILES string of the molecule is Fc1nc(F)c(F)c(N2CCCC(CN3CCN(c4ccccn4)CC3)C2)c1F. The van der Waals surface area contributed by atoms with Crippen molar-refractivity contribution < 1.29 is 17.6 Å². The Labute approximate surface area is 167 Å². The van der Waals surface area contributed by atoms with Crippen LogP contribution in [0.5, 0.6) is 0 Å². The van der Waals surface area contributed by atoms with Crippen molar-refractivity contribution >= 4 is 11.5 Å². The van der Waals surface area contributed by atoms with E-state index in [9.17, 15) is 17.6 Å². The van der Waals surface area contributed by atoms with Crippen molar-refractivity contribution in [2.45, 2.75) is 12.8 Å². The average molecular weight is 409 g/mol. The van der Waals surface area contributed by atoms with Gasteiger partial charge in [-0.15, -0.1) is 0 Å². The Hall–Kier alpha value is -2.42. The Kier molecular flexibility index (Phi) is 5.84. The number of halogens is 4. The van der Waals surface area contributed by atoms with Gasteiger partial charge in [-0.25, -0.2) is 4.98 Å². The lowest BCUT2D eigenvalue weighted by atomic mass is 9.96. The van der Waals surface area contributed by atoms with Gasteiger partial charge in [0, 0.05) is 52.0 Å². The minimum atomic E-state index is -1.60. The molecule has 2 aromatic rings. The van der Waals surface area contributed by atoms with Crippen LogP contribution in [0.25, 0.3) is 0 Å². The molecule has 0 N–H and O–H groups in total. The summed E-state index contributed by atoms with van der Waals surface area (Å²) in [5.74, 6) is -4.92. The van der Waals surface area contributed by atoms with Crippen molar-refractivity contribution in [1.82, 2.24) is 14.9 Å². The Bertz CT molecular complexity index is 816. The quantitative estimate of drug-likeness (QED) is 0.573. The minimum Gasteiger partial charge on any atom is -0.366 e. The summed E-state index contributed by atoms with van der Waals surface area (Å²) in [6.45, 7) is 4.96. The molecular weight excluding hydrogens is 386 g/mol. The van der Waals surface area contributed by atoms with Crippen molar-refractivity contribution in [3.05, 3.63) is 47.9 Å². The largest absolute Gasteiger partial charge is 0.366 e. The molecule has 1 unspecified atom stereocenters. The zero-order chi connectivity index (χ0) is 20.4. The standard InChI is InChI=1S/C20H23F4N5/c21-16-18(17(22)20(24)26-19(16)23)29-7-3-4-14(13-29)12-27-8-10-28(11-9-27)15-5-1-2-6-25-15/h1-2,5-6,14H,3-4,7-13H2. The molecule has 0 aliphatic carbocycles. The fourth-order valence-corrected chi connectivity index (χ4v) is 4.24. The summed E-state index contributed by atoms with van der Waals surface area (Å²) < 4.78 is 55.2. The number of piperazine rings is 1. The van der Waals surface area contributed by atoms with Crippen molar-refractivity contribution in [2.24, 2.45) is 5.92 Å². The molecule has 29 heavy (non-hydrogen) atoms. The topological polar surface area (TPSA) is 35.5 Å². The molecule has 0 bridgehead atoms. The predicted octanol–water partition coefficient (Wildman–Crippen LogP) is 3.07. The van der Waals surface area contributed by atoms with Crippen molar-refractivity contribution in [2.75, 3.05) is 55.6 Å². The molecule has 0 spiro atoms. The van der Waals surface area contributed by atoms with Crippen LogP contribution in [-0.2, 0) is 0 Å². The van der Waals surface area contributed by atoms with Crippen LogP contribution in [0.2, 0.25) is 0 Å². The Balaban J connectivity index is 1.37. The van der Waals surface area contributed by atoms with Gasteiger partial charge in [0.25, 0.3) is 11.9 Å². The summed E-state index contributed by atoms with van der Waals surface area (Å²) in [6.07, 6.45) is 3.40. The fourth-order valence-electron chi connectivity index (χ4n) is 4.24. The first kappa shape index (κ1) is 19.9. The monoisotopic (exact) mass is 409 g/mol. The molecule has 0 radical (unpaired) electrons. The maximum absolute atomic E-state index is 14.1. The maximum Gasteiger partial charge on any atom is 0.253 e. The van der Waals surface area contributed by atoms with E-state index in [4.69, 9.17) is 0 Å². The Morgan fingerprint density at radius 1 is 0.897 bits per heavy atom. The second kappa shape index (κ2) is 8.52. The number of nitrogens with zero attached hydrogens (tertiary/aromatic N) is 5. The number of pyridine rings is 2. The van der Waals surface area contributed by atoms with E-state index in [2.05, 4.69) is 19.8 Å². The van der Waals surface area contributed by atoms with Crippen LogP contribution < -0.4 is 9.80 Å². The molecule has 2 fully saturated rings. The smallest absolute Gasteiger partial charge is 0.253 e. The first-order valence-corrected chi connectivity index (χ1v) is 9.86. The van der Waals surface area contributed by atoms with Gasteiger partial charge in [0.15, 0.2) is 0 Å². The second-order valence-electron chi connectivity index (χ2n) is 7.60. The summed E-state index contributed by atoms with van der Waals surface area (Å²) >= 11 is 0. The van der Waals surface area contributed by atoms with Crippen LogP contribution in [-0.4, -0.2) is 60.7 Å². The first-order valence-electron chi connectivity index (χ1n) is 9.86. The molecule has 2 aliphatic heterocycles. The third kappa shape index (κ3) is 4.29. The number of aromatic nitrogens is 2. The molecule has 156 valence electrons. The number of anilines is 2. The highest BCUT2D eigenvalue weighted by Crippen LogP contribution is 2.30. The molecule has 1 atom stereocenters. The van der Waals surface area contributed by atoms with Crippen molar-refractivity contribution in [3.63, 3.8) is 0 Å². The van der Waals surface area contributed by atoms with Crippen LogP contribution in [0.3, 0.4) is 0 Å². The van der Waals surface area contributed by atoms with E-state index >= 15 is 0 Å². The summed E-state index contributed by atoms with van der Waals surface area (Å²) in [5.41, 5.74) is -0.639. The van der Waals surface area contributed by atoms with Gasteiger partial charge in [-0.1, -0.05) is 6.07 Å². The molecular formula is C20H23F4N5. The molecule has 9 heteroatoms. The van der Waals surface area contributed by atoms with E-state index in [1.54, 1.807) is 6.20 Å². The van der Waals surface area contributed by atoms with Crippen molar-refractivity contribution in [1.29, 1.82) is 0 Å². The van der Waals surface area contributed by atoms with E-state index in [1.807, 2.05) is 18.2 Å². The molecule has 0 saturated carbocycles. The number of piperidine rings is 1. The molecule has 5 nitrogen and oxygen atoms in total. The van der Waals surface area contributed by atoms with Gasteiger partial charge in [-0.3, -0.25) is 4.90 Å². The third-order valence-electron chi connectivity index (χ3n) is 5.67.